The van der Waals surface area contributed by atoms with E-state index >= 15 is 0 Å². The molecule has 0 unspecified atom stereocenters. The molecule has 0 saturated heterocycles. The minimum atomic E-state index is 0.771. The fourth-order valence-corrected chi connectivity index (χ4v) is 1.78. The SMILES string of the molecule is C=C(c1ccccc1)c1ccccc1O[Si]. The predicted molar refractivity (Wildman–Crippen MR) is 67.4 cm³/mol. The van der Waals surface area contributed by atoms with E-state index in [1.54, 1.807) is 0 Å². The second kappa shape index (κ2) is 4.81. The number of hydrogen-bond donors (Lipinski definition) is 0. The minimum absolute atomic E-state index is 0.771. The van der Waals surface area contributed by atoms with Gasteiger partial charge in [-0.3, -0.25) is 0 Å². The Morgan fingerprint density at radius 3 is 2.25 bits per heavy atom. The molecule has 77 valence electrons. The van der Waals surface area contributed by atoms with Crippen LogP contribution in [0.2, 0.25) is 0 Å². The van der Waals surface area contributed by atoms with Gasteiger partial charge < -0.3 is 4.43 Å². The van der Waals surface area contributed by atoms with Crippen molar-refractivity contribution in [1.82, 2.24) is 0 Å². The Labute approximate surface area is 98.9 Å². The van der Waals surface area contributed by atoms with Crippen LogP contribution in [-0.4, -0.2) is 10.5 Å². The molecule has 2 heteroatoms. The van der Waals surface area contributed by atoms with Crippen LogP contribution in [0.25, 0.3) is 5.57 Å². The van der Waals surface area contributed by atoms with Gasteiger partial charge in [0.25, 0.3) is 0 Å². The zero-order valence-corrected chi connectivity index (χ0v) is 9.81. The maximum Gasteiger partial charge on any atom is 0.341 e. The predicted octanol–water partition coefficient (Wildman–Crippen LogP) is 3.21. The van der Waals surface area contributed by atoms with Crippen molar-refractivity contribution in [2.75, 3.05) is 0 Å². The molecule has 2 rings (SSSR count). The zero-order chi connectivity index (χ0) is 11.4. The fraction of sp³-hybridized carbons (Fsp3) is 0. The van der Waals surface area contributed by atoms with Crippen LogP contribution in [0.3, 0.4) is 0 Å². The van der Waals surface area contributed by atoms with Crippen molar-refractivity contribution in [2.24, 2.45) is 0 Å². The second-order valence-electron chi connectivity index (χ2n) is 3.44. The van der Waals surface area contributed by atoms with Crippen molar-refractivity contribution in [1.29, 1.82) is 0 Å². The van der Waals surface area contributed by atoms with E-state index in [1.165, 1.54) is 0 Å². The van der Waals surface area contributed by atoms with E-state index in [1.807, 2.05) is 54.6 Å². The van der Waals surface area contributed by atoms with Gasteiger partial charge in [0.2, 0.25) is 0 Å². The Bertz CT molecular complexity index is 491. The summed E-state index contributed by atoms with van der Waals surface area (Å²) in [5, 5.41) is 0. The molecule has 2 aromatic carbocycles. The average molecular weight is 223 g/mol. The Balaban J connectivity index is 2.42. The van der Waals surface area contributed by atoms with Gasteiger partial charge in [-0.2, -0.15) is 0 Å². The summed E-state index contributed by atoms with van der Waals surface area (Å²) >= 11 is 0. The second-order valence-corrected chi connectivity index (χ2v) is 3.65. The lowest BCUT2D eigenvalue weighted by Gasteiger charge is -2.10. The van der Waals surface area contributed by atoms with Gasteiger partial charge in [0, 0.05) is 5.56 Å². The van der Waals surface area contributed by atoms with Crippen LogP contribution in [0.4, 0.5) is 0 Å². The van der Waals surface area contributed by atoms with Crippen LogP contribution in [0.1, 0.15) is 11.1 Å². The molecule has 0 heterocycles. The smallest absolute Gasteiger partial charge is 0.341 e. The molecule has 0 atom stereocenters. The summed E-state index contributed by atoms with van der Waals surface area (Å²) in [5.74, 6) is 0.771. The van der Waals surface area contributed by atoms with Crippen molar-refractivity contribution in [2.45, 2.75) is 0 Å². The molecule has 0 amide bonds. The lowest BCUT2D eigenvalue weighted by Crippen LogP contribution is -1.92. The molecule has 3 radical (unpaired) electrons. The Morgan fingerprint density at radius 2 is 1.56 bits per heavy atom. The lowest BCUT2D eigenvalue weighted by molar-refractivity contribution is 0.614. The molecule has 0 aliphatic rings. The van der Waals surface area contributed by atoms with Gasteiger partial charge in [0.05, 0.1) is 0 Å². The van der Waals surface area contributed by atoms with E-state index in [0.29, 0.717) is 0 Å². The molecule has 1 nitrogen and oxygen atoms in total. The molecule has 16 heavy (non-hydrogen) atoms. The third kappa shape index (κ3) is 2.07. The van der Waals surface area contributed by atoms with Crippen LogP contribution in [-0.2, 0) is 0 Å². The molecule has 0 aromatic heterocycles. The topological polar surface area (TPSA) is 9.23 Å². The number of para-hydroxylation sites is 1. The summed E-state index contributed by atoms with van der Waals surface area (Å²) < 4.78 is 5.13. The Kier molecular flexibility index (Phi) is 3.22. The fourth-order valence-electron chi connectivity index (χ4n) is 1.60. The van der Waals surface area contributed by atoms with E-state index in [4.69, 9.17) is 4.43 Å². The highest BCUT2D eigenvalue weighted by atomic mass is 28.2. The van der Waals surface area contributed by atoms with Gasteiger partial charge in [-0.1, -0.05) is 55.1 Å². The molecule has 0 aliphatic heterocycles. The Morgan fingerprint density at radius 1 is 0.938 bits per heavy atom. The van der Waals surface area contributed by atoms with Gasteiger partial charge in [-0.05, 0) is 17.2 Å². The molecule has 0 aliphatic carbocycles. The normalized spacial score (nSPS) is 9.81. The van der Waals surface area contributed by atoms with Gasteiger partial charge in [0.1, 0.15) is 5.75 Å². The number of rotatable bonds is 3. The first-order chi connectivity index (χ1) is 7.83. The molecular weight excluding hydrogens is 212 g/mol. The summed E-state index contributed by atoms with van der Waals surface area (Å²) in [4.78, 5) is 0. The summed E-state index contributed by atoms with van der Waals surface area (Å²) in [6.45, 7) is 4.10. The molecule has 0 N–H and O–H groups in total. The van der Waals surface area contributed by atoms with Crippen molar-refractivity contribution in [3.63, 3.8) is 0 Å². The van der Waals surface area contributed by atoms with Gasteiger partial charge in [-0.25, -0.2) is 0 Å². The summed E-state index contributed by atoms with van der Waals surface area (Å²) in [6, 6.07) is 17.8. The molecule has 0 saturated carbocycles. The third-order valence-electron chi connectivity index (χ3n) is 2.44. The molecule has 2 aromatic rings. The highest BCUT2D eigenvalue weighted by Gasteiger charge is 2.06. The van der Waals surface area contributed by atoms with Gasteiger partial charge >= 0.3 is 10.5 Å². The molecule has 0 bridgehead atoms. The van der Waals surface area contributed by atoms with E-state index in [-0.39, 0.29) is 0 Å². The quantitative estimate of drug-likeness (QED) is 0.726. The first-order valence-corrected chi connectivity index (χ1v) is 5.41. The maximum atomic E-state index is 5.13. The highest BCUT2D eigenvalue weighted by molar-refractivity contribution is 6.00. The monoisotopic (exact) mass is 223 g/mol. The van der Waals surface area contributed by atoms with Gasteiger partial charge in [-0.15, -0.1) is 0 Å². The summed E-state index contributed by atoms with van der Waals surface area (Å²) in [5.41, 5.74) is 3.04. The largest absolute Gasteiger partial charge is 0.540 e. The van der Waals surface area contributed by atoms with E-state index in [2.05, 4.69) is 17.1 Å². The number of hydrogen-bond acceptors (Lipinski definition) is 1. The van der Waals surface area contributed by atoms with E-state index in [0.717, 1.165) is 22.4 Å². The summed E-state index contributed by atoms with van der Waals surface area (Å²) in [6.07, 6.45) is 0. The number of benzene rings is 2. The zero-order valence-electron chi connectivity index (χ0n) is 8.81. The van der Waals surface area contributed by atoms with Crippen LogP contribution >= 0.6 is 0 Å². The first kappa shape index (κ1) is 10.7. The third-order valence-corrected chi connectivity index (χ3v) is 2.66. The molecule has 0 spiro atoms. The Hall–Kier alpha value is -1.80. The first-order valence-electron chi connectivity index (χ1n) is 5.00. The standard InChI is InChI=1S/C14H11OSi/c1-11(12-7-3-2-4-8-12)13-9-5-6-10-14(13)15-16/h2-10H,1H2. The summed E-state index contributed by atoms with van der Waals surface area (Å²) in [7, 11) is 3.06. The van der Waals surface area contributed by atoms with Crippen LogP contribution in [0.15, 0.2) is 61.2 Å². The molecule has 0 fully saturated rings. The average Bonchev–Trinajstić information content (AvgIpc) is 2.39. The van der Waals surface area contributed by atoms with Crippen LogP contribution < -0.4 is 4.43 Å². The molecular formula is C14H11OSi. The van der Waals surface area contributed by atoms with Crippen molar-refractivity contribution in [3.8, 4) is 5.75 Å². The van der Waals surface area contributed by atoms with Crippen LogP contribution in [0, 0.1) is 0 Å². The lowest BCUT2D eigenvalue weighted by atomic mass is 9.99. The van der Waals surface area contributed by atoms with Crippen LogP contribution in [0.5, 0.6) is 5.75 Å². The van der Waals surface area contributed by atoms with Gasteiger partial charge in [0.15, 0.2) is 0 Å². The van der Waals surface area contributed by atoms with Crippen molar-refractivity contribution < 1.29 is 4.43 Å². The highest BCUT2D eigenvalue weighted by Crippen LogP contribution is 2.28. The maximum absolute atomic E-state index is 5.13. The van der Waals surface area contributed by atoms with E-state index < -0.39 is 0 Å². The van der Waals surface area contributed by atoms with Crippen molar-refractivity contribution in [3.05, 3.63) is 72.3 Å². The van der Waals surface area contributed by atoms with E-state index in [9.17, 15) is 0 Å². The minimum Gasteiger partial charge on any atom is -0.540 e. The van der Waals surface area contributed by atoms with Crippen molar-refractivity contribution >= 4 is 16.1 Å².